The molecule has 2 heterocycles. The van der Waals surface area contributed by atoms with Gasteiger partial charge in [0.15, 0.2) is 5.82 Å². The van der Waals surface area contributed by atoms with Crippen LogP contribution in [0.1, 0.15) is 31.0 Å². The molecular formula is C13H17N5. The Kier molecular flexibility index (Phi) is 2.74. The lowest BCUT2D eigenvalue weighted by Gasteiger charge is -2.17. The lowest BCUT2D eigenvalue weighted by atomic mass is 9.96. The summed E-state index contributed by atoms with van der Waals surface area (Å²) >= 11 is 0. The van der Waals surface area contributed by atoms with Gasteiger partial charge >= 0.3 is 0 Å². The second-order valence-corrected chi connectivity index (χ2v) is 4.63. The maximum atomic E-state index is 6.06. The highest BCUT2D eigenvalue weighted by Gasteiger charge is 2.18. The summed E-state index contributed by atoms with van der Waals surface area (Å²) in [5.41, 5.74) is 9.27. The van der Waals surface area contributed by atoms with E-state index in [4.69, 9.17) is 5.73 Å². The van der Waals surface area contributed by atoms with Crippen molar-refractivity contribution >= 4 is 5.82 Å². The largest absolute Gasteiger partial charge is 0.383 e. The van der Waals surface area contributed by atoms with Gasteiger partial charge in [-0.05, 0) is 32.6 Å². The maximum Gasteiger partial charge on any atom is 0.180 e. The fourth-order valence-electron chi connectivity index (χ4n) is 2.50. The Bertz CT molecular complexity index is 573. The fraction of sp³-hybridized carbons (Fsp3) is 0.462. The van der Waals surface area contributed by atoms with E-state index in [-0.39, 0.29) is 0 Å². The highest BCUT2D eigenvalue weighted by Crippen LogP contribution is 2.26. The van der Waals surface area contributed by atoms with Crippen molar-refractivity contribution in [3.8, 4) is 11.5 Å². The lowest BCUT2D eigenvalue weighted by molar-refractivity contribution is 0.664. The van der Waals surface area contributed by atoms with Crippen LogP contribution in [0.2, 0.25) is 0 Å². The third kappa shape index (κ3) is 1.75. The Balaban J connectivity index is 2.11. The zero-order valence-corrected chi connectivity index (χ0v) is 10.6. The zero-order chi connectivity index (χ0) is 12.5. The van der Waals surface area contributed by atoms with Crippen LogP contribution in [0.5, 0.6) is 0 Å². The van der Waals surface area contributed by atoms with Gasteiger partial charge in [-0.3, -0.25) is 0 Å². The van der Waals surface area contributed by atoms with E-state index < -0.39 is 0 Å². The monoisotopic (exact) mass is 243 g/mol. The van der Waals surface area contributed by atoms with Crippen LogP contribution < -0.4 is 5.73 Å². The van der Waals surface area contributed by atoms with Crippen molar-refractivity contribution in [2.75, 3.05) is 5.73 Å². The molecule has 18 heavy (non-hydrogen) atoms. The smallest absolute Gasteiger partial charge is 0.180 e. The highest BCUT2D eigenvalue weighted by molar-refractivity contribution is 5.55. The number of aromatic nitrogens is 4. The van der Waals surface area contributed by atoms with Crippen molar-refractivity contribution in [2.45, 2.75) is 39.2 Å². The molecule has 3 rings (SSSR count). The molecule has 2 aromatic heterocycles. The second-order valence-electron chi connectivity index (χ2n) is 4.63. The van der Waals surface area contributed by atoms with Crippen molar-refractivity contribution in [1.29, 1.82) is 0 Å². The van der Waals surface area contributed by atoms with E-state index in [0.29, 0.717) is 11.6 Å². The van der Waals surface area contributed by atoms with E-state index in [2.05, 4.69) is 21.9 Å². The fourth-order valence-corrected chi connectivity index (χ4v) is 2.50. The van der Waals surface area contributed by atoms with Crippen molar-refractivity contribution in [2.24, 2.45) is 0 Å². The minimum atomic E-state index is 0.638. The molecule has 0 amide bonds. The lowest BCUT2D eigenvalue weighted by Crippen LogP contribution is -2.12. The Morgan fingerprint density at radius 3 is 2.94 bits per heavy atom. The third-order valence-electron chi connectivity index (χ3n) is 3.50. The Hall–Kier alpha value is -1.91. The molecule has 0 saturated heterocycles. The quantitative estimate of drug-likeness (QED) is 0.873. The minimum absolute atomic E-state index is 0.638. The molecule has 0 aliphatic heterocycles. The Labute approximate surface area is 106 Å². The van der Waals surface area contributed by atoms with Crippen LogP contribution in [0.3, 0.4) is 0 Å². The molecule has 1 aliphatic rings. The first-order valence-electron chi connectivity index (χ1n) is 6.45. The number of hydrogen-bond donors (Lipinski definition) is 1. The Morgan fingerprint density at radius 2 is 2.11 bits per heavy atom. The molecular weight excluding hydrogens is 226 g/mol. The maximum absolute atomic E-state index is 6.06. The number of fused-ring (bicyclic) bond motifs is 1. The number of hydrogen-bond acceptors (Lipinski definition) is 4. The van der Waals surface area contributed by atoms with Gasteiger partial charge in [0.2, 0.25) is 0 Å². The number of nitrogens with two attached hydrogens (primary N) is 1. The van der Waals surface area contributed by atoms with Crippen LogP contribution in [0.15, 0.2) is 12.5 Å². The van der Waals surface area contributed by atoms with Gasteiger partial charge in [0.1, 0.15) is 11.5 Å². The summed E-state index contributed by atoms with van der Waals surface area (Å²) in [5.74, 6) is 1.34. The normalized spacial score (nSPS) is 14.5. The van der Waals surface area contributed by atoms with Gasteiger partial charge in [-0.15, -0.1) is 0 Å². The number of rotatable bonds is 2. The molecule has 0 fully saturated rings. The van der Waals surface area contributed by atoms with Crippen LogP contribution in [-0.4, -0.2) is 19.5 Å². The van der Waals surface area contributed by atoms with Gasteiger partial charge in [0.25, 0.3) is 0 Å². The van der Waals surface area contributed by atoms with Crippen molar-refractivity contribution in [3.63, 3.8) is 0 Å². The van der Waals surface area contributed by atoms with Gasteiger partial charge < -0.3 is 10.3 Å². The molecule has 94 valence electrons. The molecule has 0 saturated carbocycles. The molecule has 0 bridgehead atoms. The topological polar surface area (TPSA) is 69.6 Å². The van der Waals surface area contributed by atoms with Crippen LogP contribution in [0.4, 0.5) is 5.82 Å². The minimum Gasteiger partial charge on any atom is -0.383 e. The Morgan fingerprint density at radius 1 is 1.28 bits per heavy atom. The molecule has 0 spiro atoms. The van der Waals surface area contributed by atoms with Crippen molar-refractivity contribution < 1.29 is 0 Å². The molecule has 0 aromatic carbocycles. The van der Waals surface area contributed by atoms with Gasteiger partial charge in [-0.2, -0.15) is 0 Å². The average molecular weight is 243 g/mol. The number of nitrogen functional groups attached to an aromatic ring is 1. The van der Waals surface area contributed by atoms with E-state index in [9.17, 15) is 0 Å². The number of nitrogens with zero attached hydrogens (tertiary/aromatic N) is 4. The first-order chi connectivity index (χ1) is 8.79. The number of imidazole rings is 1. The van der Waals surface area contributed by atoms with E-state index in [1.807, 2.05) is 4.57 Å². The van der Waals surface area contributed by atoms with E-state index in [0.717, 1.165) is 36.3 Å². The second kappa shape index (κ2) is 4.40. The SMILES string of the molecule is CCn1cncc1-c1nc(N)c2c(n1)CCCC2. The summed E-state index contributed by atoms with van der Waals surface area (Å²) in [6, 6.07) is 0. The third-order valence-corrected chi connectivity index (χ3v) is 3.50. The number of anilines is 1. The first-order valence-corrected chi connectivity index (χ1v) is 6.45. The van der Waals surface area contributed by atoms with Gasteiger partial charge in [-0.1, -0.05) is 0 Å². The molecule has 2 N–H and O–H groups in total. The molecule has 0 radical (unpaired) electrons. The summed E-state index contributed by atoms with van der Waals surface area (Å²) in [7, 11) is 0. The highest BCUT2D eigenvalue weighted by atomic mass is 15.1. The summed E-state index contributed by atoms with van der Waals surface area (Å²) in [6.07, 6.45) is 7.99. The first kappa shape index (κ1) is 11.2. The number of aryl methyl sites for hydroxylation is 2. The summed E-state index contributed by atoms with van der Waals surface area (Å²) in [5, 5.41) is 0. The van der Waals surface area contributed by atoms with Gasteiger partial charge in [0.05, 0.1) is 12.5 Å². The van der Waals surface area contributed by atoms with E-state index in [1.54, 1.807) is 12.5 Å². The van der Waals surface area contributed by atoms with Gasteiger partial charge in [0, 0.05) is 17.8 Å². The predicted molar refractivity (Wildman–Crippen MR) is 70.0 cm³/mol. The summed E-state index contributed by atoms with van der Waals surface area (Å²) < 4.78 is 2.03. The van der Waals surface area contributed by atoms with Crippen LogP contribution in [-0.2, 0) is 19.4 Å². The average Bonchev–Trinajstić information content (AvgIpc) is 2.87. The van der Waals surface area contributed by atoms with Crippen LogP contribution in [0.25, 0.3) is 11.5 Å². The molecule has 5 nitrogen and oxygen atoms in total. The van der Waals surface area contributed by atoms with Crippen LogP contribution >= 0.6 is 0 Å². The van der Waals surface area contributed by atoms with E-state index >= 15 is 0 Å². The molecule has 0 atom stereocenters. The van der Waals surface area contributed by atoms with Crippen LogP contribution in [0, 0.1) is 0 Å². The molecule has 1 aliphatic carbocycles. The summed E-state index contributed by atoms with van der Waals surface area (Å²) in [6.45, 7) is 2.93. The molecule has 0 unspecified atom stereocenters. The molecule has 5 heteroatoms. The molecule has 2 aromatic rings. The van der Waals surface area contributed by atoms with E-state index in [1.165, 1.54) is 12.8 Å². The standard InChI is InChI=1S/C13H17N5/c1-2-18-8-15-7-11(18)13-16-10-6-4-3-5-9(10)12(14)17-13/h7-8H,2-6H2,1H3,(H2,14,16,17). The predicted octanol–water partition coefficient (Wildman–Crippen LogP) is 1.82. The summed E-state index contributed by atoms with van der Waals surface area (Å²) in [4.78, 5) is 13.3. The van der Waals surface area contributed by atoms with Gasteiger partial charge in [-0.25, -0.2) is 15.0 Å². The zero-order valence-electron chi connectivity index (χ0n) is 10.6. The van der Waals surface area contributed by atoms with Crippen molar-refractivity contribution in [1.82, 2.24) is 19.5 Å². The van der Waals surface area contributed by atoms with Crippen molar-refractivity contribution in [3.05, 3.63) is 23.8 Å².